The van der Waals surface area contributed by atoms with Gasteiger partial charge in [-0.2, -0.15) is 0 Å². The first-order valence-corrected chi connectivity index (χ1v) is 10.6. The van der Waals surface area contributed by atoms with Crippen molar-refractivity contribution in [1.29, 1.82) is 0 Å². The molecule has 6 heteroatoms. The topological polar surface area (TPSA) is 64.4 Å². The van der Waals surface area contributed by atoms with Crippen LogP contribution >= 0.6 is 11.3 Å². The molecule has 30 heavy (non-hydrogen) atoms. The molecule has 0 spiro atoms. The van der Waals surface area contributed by atoms with Gasteiger partial charge in [-0.1, -0.05) is 36.4 Å². The summed E-state index contributed by atoms with van der Waals surface area (Å²) in [5.74, 6) is 1.25. The van der Waals surface area contributed by atoms with Crippen LogP contribution in [-0.4, -0.2) is 21.8 Å². The van der Waals surface area contributed by atoms with Crippen molar-refractivity contribution in [2.45, 2.75) is 19.9 Å². The van der Waals surface area contributed by atoms with Crippen molar-refractivity contribution in [3.63, 3.8) is 0 Å². The number of thiophene rings is 1. The Balaban J connectivity index is 1.67. The summed E-state index contributed by atoms with van der Waals surface area (Å²) >= 11 is 1.57. The molecular formula is C24H20N2O3S. The Labute approximate surface area is 177 Å². The molecule has 150 valence electrons. The molecule has 4 aromatic rings. The van der Waals surface area contributed by atoms with Crippen LogP contribution in [0.25, 0.3) is 33.0 Å². The van der Waals surface area contributed by atoms with Crippen LogP contribution in [0.2, 0.25) is 0 Å². The summed E-state index contributed by atoms with van der Waals surface area (Å²) in [6.07, 6.45) is 2.75. The van der Waals surface area contributed by atoms with E-state index >= 15 is 0 Å². The molecular weight excluding hydrogens is 396 g/mol. The van der Waals surface area contributed by atoms with Gasteiger partial charge in [0.05, 0.1) is 12.5 Å². The van der Waals surface area contributed by atoms with Crippen LogP contribution in [0.1, 0.15) is 22.7 Å². The minimum atomic E-state index is 0.0184. The largest absolute Gasteiger partial charge is 0.504 e. The number of ether oxygens (including phenoxy) is 1. The summed E-state index contributed by atoms with van der Waals surface area (Å²) in [7, 11) is 1.53. The number of methoxy groups -OCH3 is 1. The number of aromatic nitrogens is 2. The normalized spacial score (nSPS) is 14.4. The number of phenolic OH excluding ortho intramolecular Hbond substituents is 1. The van der Waals surface area contributed by atoms with Gasteiger partial charge in [0.1, 0.15) is 10.7 Å². The summed E-state index contributed by atoms with van der Waals surface area (Å²) in [5, 5.41) is 10.5. The Morgan fingerprint density at radius 2 is 2.00 bits per heavy atom. The maximum atomic E-state index is 13.4. The molecule has 5 rings (SSSR count). The van der Waals surface area contributed by atoms with Gasteiger partial charge in [0.25, 0.3) is 5.56 Å². The molecule has 0 fully saturated rings. The Morgan fingerprint density at radius 1 is 1.20 bits per heavy atom. The van der Waals surface area contributed by atoms with Crippen molar-refractivity contribution >= 4 is 33.2 Å². The Kier molecular flexibility index (Phi) is 4.44. The lowest BCUT2D eigenvalue weighted by atomic mass is 10.0. The van der Waals surface area contributed by atoms with Gasteiger partial charge in [-0.3, -0.25) is 9.36 Å². The third kappa shape index (κ3) is 2.92. The lowest BCUT2D eigenvalue weighted by Gasteiger charge is -2.06. The van der Waals surface area contributed by atoms with E-state index in [1.54, 1.807) is 28.0 Å². The van der Waals surface area contributed by atoms with Gasteiger partial charge in [0.15, 0.2) is 11.5 Å². The quantitative estimate of drug-likeness (QED) is 0.505. The Hall–Kier alpha value is -3.38. The molecule has 2 aromatic carbocycles. The lowest BCUT2D eigenvalue weighted by Crippen LogP contribution is -2.20. The van der Waals surface area contributed by atoms with Crippen molar-refractivity contribution in [1.82, 2.24) is 9.55 Å². The van der Waals surface area contributed by atoms with Gasteiger partial charge in [-0.05, 0) is 48.3 Å². The number of benzene rings is 2. The van der Waals surface area contributed by atoms with Crippen LogP contribution in [0.4, 0.5) is 0 Å². The molecule has 1 aliphatic rings. The molecule has 1 N–H and O–H groups in total. The maximum absolute atomic E-state index is 13.4. The fourth-order valence-electron chi connectivity index (χ4n) is 4.07. The first-order chi connectivity index (χ1) is 14.6. The van der Waals surface area contributed by atoms with E-state index in [9.17, 15) is 9.90 Å². The third-order valence-electron chi connectivity index (χ3n) is 5.49. The van der Waals surface area contributed by atoms with Gasteiger partial charge in [0, 0.05) is 17.0 Å². The first kappa shape index (κ1) is 18.6. The van der Waals surface area contributed by atoms with Gasteiger partial charge in [-0.15, -0.1) is 11.3 Å². The number of rotatable bonds is 3. The van der Waals surface area contributed by atoms with Crippen LogP contribution in [0, 0.1) is 6.92 Å². The molecule has 0 unspecified atom stereocenters. The highest BCUT2D eigenvalue weighted by atomic mass is 32.1. The highest BCUT2D eigenvalue weighted by Crippen LogP contribution is 2.38. The van der Waals surface area contributed by atoms with Crippen molar-refractivity contribution in [3.8, 4) is 22.6 Å². The van der Waals surface area contributed by atoms with Crippen LogP contribution in [0.3, 0.4) is 0 Å². The molecule has 0 amide bonds. The highest BCUT2D eigenvalue weighted by Gasteiger charge is 2.24. The minimum Gasteiger partial charge on any atom is -0.504 e. The number of nitrogens with zero attached hydrogens (tertiary/aromatic N) is 2. The Morgan fingerprint density at radius 3 is 2.77 bits per heavy atom. The van der Waals surface area contributed by atoms with E-state index in [0.29, 0.717) is 17.7 Å². The van der Waals surface area contributed by atoms with E-state index in [4.69, 9.17) is 9.72 Å². The van der Waals surface area contributed by atoms with E-state index < -0.39 is 0 Å². The van der Waals surface area contributed by atoms with Crippen LogP contribution in [0.15, 0.2) is 53.3 Å². The average molecular weight is 417 g/mol. The summed E-state index contributed by atoms with van der Waals surface area (Å²) in [4.78, 5) is 20.2. The minimum absolute atomic E-state index is 0.0184. The lowest BCUT2D eigenvalue weighted by molar-refractivity contribution is 0.373. The van der Waals surface area contributed by atoms with Crippen molar-refractivity contribution in [3.05, 3.63) is 75.1 Å². The number of aromatic hydroxyl groups is 1. The summed E-state index contributed by atoms with van der Waals surface area (Å²) in [5.41, 5.74) is 3.96. The second kappa shape index (κ2) is 7.15. The van der Waals surface area contributed by atoms with Crippen LogP contribution < -0.4 is 10.3 Å². The molecule has 0 bridgehead atoms. The van der Waals surface area contributed by atoms with E-state index in [0.717, 1.165) is 44.2 Å². The van der Waals surface area contributed by atoms with Crippen molar-refractivity contribution < 1.29 is 9.84 Å². The third-order valence-corrected chi connectivity index (χ3v) is 6.49. The molecule has 0 atom stereocenters. The molecule has 0 saturated heterocycles. The zero-order chi connectivity index (χ0) is 20.8. The van der Waals surface area contributed by atoms with Gasteiger partial charge >= 0.3 is 0 Å². The van der Waals surface area contributed by atoms with E-state index in [1.165, 1.54) is 7.11 Å². The maximum Gasteiger partial charge on any atom is 0.263 e. The number of hydrogen-bond donors (Lipinski definition) is 1. The van der Waals surface area contributed by atoms with E-state index in [-0.39, 0.29) is 11.3 Å². The van der Waals surface area contributed by atoms with Gasteiger partial charge in [0.2, 0.25) is 0 Å². The van der Waals surface area contributed by atoms with Crippen molar-refractivity contribution in [2.75, 3.05) is 7.11 Å². The standard InChI is InChI=1S/C24H20N2O3S/c1-14-20(16-6-4-3-5-7-16)21-23(30-14)25-22-17(10-11-26(22)24(21)28)12-15-8-9-18(27)19(13-15)29-2/h3-9,12-13,27H,10-11H2,1-2H3/b17-12+. The monoisotopic (exact) mass is 416 g/mol. The zero-order valence-electron chi connectivity index (χ0n) is 16.7. The molecule has 3 heterocycles. The highest BCUT2D eigenvalue weighted by molar-refractivity contribution is 7.19. The van der Waals surface area contributed by atoms with Crippen LogP contribution in [-0.2, 0) is 6.54 Å². The Bertz CT molecular complexity index is 1370. The second-order valence-electron chi connectivity index (χ2n) is 7.32. The molecule has 2 aromatic heterocycles. The second-order valence-corrected chi connectivity index (χ2v) is 8.53. The van der Waals surface area contributed by atoms with Crippen molar-refractivity contribution in [2.24, 2.45) is 0 Å². The predicted molar refractivity (Wildman–Crippen MR) is 121 cm³/mol. The number of aryl methyl sites for hydroxylation is 1. The number of hydrogen-bond acceptors (Lipinski definition) is 5. The van der Waals surface area contributed by atoms with Gasteiger partial charge < -0.3 is 9.84 Å². The predicted octanol–water partition coefficient (Wildman–Crippen LogP) is 5.09. The number of allylic oxidation sites excluding steroid dienone is 1. The van der Waals surface area contributed by atoms with E-state index in [2.05, 4.69) is 0 Å². The fourth-order valence-corrected chi connectivity index (χ4v) is 5.10. The molecule has 0 radical (unpaired) electrons. The number of fused-ring (bicyclic) bond motifs is 2. The number of phenols is 1. The summed E-state index contributed by atoms with van der Waals surface area (Å²) in [6, 6.07) is 15.2. The smallest absolute Gasteiger partial charge is 0.263 e. The fraction of sp³-hybridized carbons (Fsp3) is 0.167. The molecule has 0 saturated carbocycles. The summed E-state index contributed by atoms with van der Waals surface area (Å²) in [6.45, 7) is 2.66. The summed E-state index contributed by atoms with van der Waals surface area (Å²) < 4.78 is 6.99. The SMILES string of the molecule is COc1cc(/C=C2\CCn3c2nc2sc(C)c(-c4ccccc4)c2c3=O)ccc1O. The molecule has 5 nitrogen and oxygen atoms in total. The van der Waals surface area contributed by atoms with E-state index in [1.807, 2.05) is 49.4 Å². The van der Waals surface area contributed by atoms with Gasteiger partial charge in [-0.25, -0.2) is 4.98 Å². The molecule has 1 aliphatic heterocycles. The first-order valence-electron chi connectivity index (χ1n) is 9.74. The zero-order valence-corrected chi connectivity index (χ0v) is 17.5. The molecule has 0 aliphatic carbocycles. The van der Waals surface area contributed by atoms with Crippen LogP contribution in [0.5, 0.6) is 11.5 Å². The average Bonchev–Trinajstić information content (AvgIpc) is 3.31.